The molecule has 0 saturated carbocycles. The van der Waals surface area contributed by atoms with Crippen LogP contribution in [0.3, 0.4) is 0 Å². The van der Waals surface area contributed by atoms with Gasteiger partial charge in [0.15, 0.2) is 0 Å². The van der Waals surface area contributed by atoms with Gasteiger partial charge in [0, 0.05) is 5.56 Å². The minimum absolute atomic E-state index is 0.0879. The van der Waals surface area contributed by atoms with Crippen LogP contribution in [0.2, 0.25) is 0 Å². The highest BCUT2D eigenvalue weighted by Gasteiger charge is 2.47. The molecule has 0 radical (unpaired) electrons. The molecule has 1 aromatic rings. The molecule has 0 heterocycles. The molecule has 7 heteroatoms. The number of aliphatic hydroxyl groups is 1. The second-order valence-corrected chi connectivity index (χ2v) is 8.73. The van der Waals surface area contributed by atoms with E-state index < -0.39 is 44.6 Å². The van der Waals surface area contributed by atoms with Crippen LogP contribution in [0.15, 0.2) is 18.2 Å². The Kier molecular flexibility index (Phi) is 5.71. The van der Waals surface area contributed by atoms with Gasteiger partial charge in [0.25, 0.3) is 0 Å². The van der Waals surface area contributed by atoms with Crippen molar-refractivity contribution in [1.29, 1.82) is 0 Å². The van der Waals surface area contributed by atoms with Crippen molar-refractivity contribution in [3.8, 4) is 0 Å². The SMILES string of the molecule is C[C@H](CC(C)(C)S(N)=O)c1cc(C(F)(F)C(C)(C)O)ccc1F. The number of nitrogens with two attached hydrogens (primary N) is 1. The zero-order valence-corrected chi connectivity index (χ0v) is 14.8. The van der Waals surface area contributed by atoms with Gasteiger partial charge in [-0.1, -0.05) is 13.0 Å². The summed E-state index contributed by atoms with van der Waals surface area (Å²) in [4.78, 5) is 0. The van der Waals surface area contributed by atoms with Crippen LogP contribution in [-0.4, -0.2) is 19.7 Å². The summed E-state index contributed by atoms with van der Waals surface area (Å²) in [5.74, 6) is -4.61. The summed E-state index contributed by atoms with van der Waals surface area (Å²) >= 11 is 0. The number of alkyl halides is 2. The average molecular weight is 351 g/mol. The second-order valence-electron chi connectivity index (χ2n) is 7.03. The summed E-state index contributed by atoms with van der Waals surface area (Å²) in [6, 6.07) is 3.00. The minimum Gasteiger partial charge on any atom is -0.384 e. The fourth-order valence-corrected chi connectivity index (χ4v) is 2.81. The number of hydrogen-bond donors (Lipinski definition) is 2. The predicted octanol–water partition coefficient (Wildman–Crippen LogP) is 3.58. The standard InChI is InChI=1S/C16H24F3NO2S/c1-10(9-14(2,3)23(20)22)12-8-11(6-7-13(12)17)16(18,19)15(4,5)21/h6-8,10,21H,9,20H2,1-5H3/t10-,23?/m1/s1. The van der Waals surface area contributed by atoms with Crippen molar-refractivity contribution in [2.75, 3.05) is 0 Å². The van der Waals surface area contributed by atoms with Gasteiger partial charge in [-0.25, -0.2) is 8.60 Å². The molecule has 1 aromatic carbocycles. The van der Waals surface area contributed by atoms with E-state index in [0.717, 1.165) is 32.0 Å². The van der Waals surface area contributed by atoms with Gasteiger partial charge in [-0.05, 0) is 57.7 Å². The van der Waals surface area contributed by atoms with E-state index in [9.17, 15) is 22.5 Å². The Morgan fingerprint density at radius 1 is 1.26 bits per heavy atom. The maximum Gasteiger partial charge on any atom is 0.300 e. The zero-order valence-electron chi connectivity index (χ0n) is 14.0. The third kappa shape index (κ3) is 4.33. The molecule has 1 unspecified atom stereocenters. The fourth-order valence-electron chi connectivity index (χ4n) is 2.40. The van der Waals surface area contributed by atoms with Gasteiger partial charge in [0.2, 0.25) is 0 Å². The lowest BCUT2D eigenvalue weighted by molar-refractivity contribution is -0.168. The number of rotatable bonds is 6. The molecule has 0 bridgehead atoms. The highest BCUT2D eigenvalue weighted by molar-refractivity contribution is 7.84. The van der Waals surface area contributed by atoms with Gasteiger partial charge in [-0.15, -0.1) is 0 Å². The first kappa shape index (κ1) is 20.1. The smallest absolute Gasteiger partial charge is 0.300 e. The summed E-state index contributed by atoms with van der Waals surface area (Å²) in [6.07, 6.45) is 0.268. The molecule has 3 N–H and O–H groups in total. The van der Waals surface area contributed by atoms with E-state index in [1.165, 1.54) is 0 Å². The lowest BCUT2D eigenvalue weighted by Crippen LogP contribution is -2.40. The molecule has 0 aliphatic heterocycles. The van der Waals surface area contributed by atoms with Crippen molar-refractivity contribution in [3.05, 3.63) is 35.1 Å². The molecule has 0 saturated heterocycles. The molecule has 3 nitrogen and oxygen atoms in total. The second kappa shape index (κ2) is 6.53. The topological polar surface area (TPSA) is 63.3 Å². The van der Waals surface area contributed by atoms with E-state index >= 15 is 0 Å². The van der Waals surface area contributed by atoms with E-state index in [0.29, 0.717) is 0 Å². The molecule has 132 valence electrons. The first-order valence-corrected chi connectivity index (χ1v) is 8.48. The fraction of sp³-hybridized carbons (Fsp3) is 0.625. The Labute approximate surface area is 137 Å². The Balaban J connectivity index is 3.24. The maximum atomic E-state index is 14.3. The Hall–Kier alpha value is -0.920. The predicted molar refractivity (Wildman–Crippen MR) is 86.0 cm³/mol. The van der Waals surface area contributed by atoms with Gasteiger partial charge in [-0.2, -0.15) is 8.78 Å². The zero-order chi connectivity index (χ0) is 18.2. The molecular weight excluding hydrogens is 327 g/mol. The van der Waals surface area contributed by atoms with Crippen LogP contribution in [-0.2, 0) is 16.9 Å². The molecule has 1 rings (SSSR count). The highest BCUT2D eigenvalue weighted by atomic mass is 32.2. The Bertz CT molecular complexity index is 597. The van der Waals surface area contributed by atoms with E-state index in [-0.39, 0.29) is 12.0 Å². The molecule has 0 amide bonds. The van der Waals surface area contributed by atoms with Crippen molar-refractivity contribution >= 4 is 11.0 Å². The maximum absolute atomic E-state index is 14.3. The van der Waals surface area contributed by atoms with Crippen LogP contribution in [0, 0.1) is 5.82 Å². The summed E-state index contributed by atoms with van der Waals surface area (Å²) in [5.41, 5.74) is -2.64. The monoisotopic (exact) mass is 351 g/mol. The third-order valence-electron chi connectivity index (χ3n) is 4.00. The van der Waals surface area contributed by atoms with Crippen molar-refractivity contribution in [3.63, 3.8) is 0 Å². The van der Waals surface area contributed by atoms with Gasteiger partial charge in [-0.3, -0.25) is 5.14 Å². The summed E-state index contributed by atoms with van der Waals surface area (Å²) in [5, 5.41) is 15.1. The van der Waals surface area contributed by atoms with E-state index in [1.54, 1.807) is 20.8 Å². The van der Waals surface area contributed by atoms with Crippen molar-refractivity contribution in [1.82, 2.24) is 0 Å². The van der Waals surface area contributed by atoms with Crippen LogP contribution >= 0.6 is 0 Å². The average Bonchev–Trinajstić information content (AvgIpc) is 2.36. The molecule has 0 aliphatic rings. The normalized spacial score (nSPS) is 16.3. The molecule has 0 aliphatic carbocycles. The van der Waals surface area contributed by atoms with Crippen molar-refractivity contribution < 1.29 is 22.5 Å². The molecule has 23 heavy (non-hydrogen) atoms. The van der Waals surface area contributed by atoms with E-state index in [1.807, 2.05) is 0 Å². The van der Waals surface area contributed by atoms with E-state index in [4.69, 9.17) is 5.14 Å². The lowest BCUT2D eigenvalue weighted by Gasteiger charge is -2.30. The third-order valence-corrected chi connectivity index (χ3v) is 5.26. The van der Waals surface area contributed by atoms with E-state index in [2.05, 4.69) is 0 Å². The molecular formula is C16H24F3NO2S. The number of benzene rings is 1. The lowest BCUT2D eigenvalue weighted by atomic mass is 9.87. The molecule has 2 atom stereocenters. The molecule has 0 spiro atoms. The number of hydrogen-bond acceptors (Lipinski definition) is 2. The van der Waals surface area contributed by atoms with Crippen LogP contribution in [0.4, 0.5) is 13.2 Å². The minimum atomic E-state index is -3.53. The van der Waals surface area contributed by atoms with Crippen LogP contribution < -0.4 is 5.14 Å². The van der Waals surface area contributed by atoms with Crippen LogP contribution in [0.25, 0.3) is 0 Å². The molecule has 0 aromatic heterocycles. The number of halogens is 3. The van der Waals surface area contributed by atoms with Crippen molar-refractivity contribution in [2.45, 2.75) is 63.2 Å². The van der Waals surface area contributed by atoms with Gasteiger partial charge >= 0.3 is 5.92 Å². The van der Waals surface area contributed by atoms with Crippen LogP contribution in [0.5, 0.6) is 0 Å². The van der Waals surface area contributed by atoms with Gasteiger partial charge < -0.3 is 5.11 Å². The quantitative estimate of drug-likeness (QED) is 0.823. The summed E-state index contributed by atoms with van der Waals surface area (Å²) in [7, 11) is -1.62. The van der Waals surface area contributed by atoms with Crippen molar-refractivity contribution in [2.24, 2.45) is 5.14 Å². The largest absolute Gasteiger partial charge is 0.384 e. The Morgan fingerprint density at radius 2 is 1.78 bits per heavy atom. The molecule has 0 fully saturated rings. The first-order chi connectivity index (χ1) is 10.2. The van der Waals surface area contributed by atoms with Gasteiger partial charge in [0.1, 0.15) is 11.4 Å². The highest BCUT2D eigenvalue weighted by Crippen LogP contribution is 2.40. The first-order valence-electron chi connectivity index (χ1n) is 7.26. The summed E-state index contributed by atoms with van der Waals surface area (Å²) < 4.78 is 53.3. The van der Waals surface area contributed by atoms with Crippen LogP contribution in [0.1, 0.15) is 58.1 Å². The van der Waals surface area contributed by atoms with Gasteiger partial charge in [0.05, 0.1) is 15.7 Å². The Morgan fingerprint density at radius 3 is 2.22 bits per heavy atom. The summed E-state index contributed by atoms with van der Waals surface area (Å²) in [6.45, 7) is 7.01.